The van der Waals surface area contributed by atoms with Gasteiger partial charge in [-0.3, -0.25) is 4.79 Å². The Morgan fingerprint density at radius 2 is 2.15 bits per heavy atom. The molecule has 0 spiro atoms. The van der Waals surface area contributed by atoms with Gasteiger partial charge in [-0.05, 0) is 26.7 Å². The van der Waals surface area contributed by atoms with E-state index in [1.165, 1.54) is 0 Å². The van der Waals surface area contributed by atoms with Crippen LogP contribution in [-0.4, -0.2) is 28.5 Å². The Bertz CT molecular complexity index is 206. The van der Waals surface area contributed by atoms with Crippen molar-refractivity contribution >= 4 is 21.8 Å². The molecule has 1 aliphatic carbocycles. The van der Waals surface area contributed by atoms with Gasteiger partial charge in [0.15, 0.2) is 0 Å². The number of carbonyl (C=O) groups is 1. The van der Waals surface area contributed by atoms with Crippen LogP contribution >= 0.6 is 15.9 Å². The largest absolute Gasteiger partial charge is 0.396 e. The summed E-state index contributed by atoms with van der Waals surface area (Å²) in [6.07, 6.45) is 2.04. The molecule has 0 unspecified atom stereocenters. The Kier molecular flexibility index (Phi) is 3.02. The molecule has 0 radical (unpaired) electrons. The molecule has 1 saturated carbocycles. The Morgan fingerprint density at radius 1 is 1.62 bits per heavy atom. The number of aliphatic hydroxyl groups excluding tert-OH is 1. The summed E-state index contributed by atoms with van der Waals surface area (Å²) < 4.78 is -0.515. The van der Waals surface area contributed by atoms with E-state index in [1.54, 1.807) is 13.8 Å². The first-order chi connectivity index (χ1) is 5.90. The number of carbonyl (C=O) groups excluding carboxylic acids is 1. The second kappa shape index (κ2) is 3.58. The monoisotopic (exact) mass is 249 g/mol. The van der Waals surface area contributed by atoms with Crippen LogP contribution in [0.25, 0.3) is 0 Å². The molecule has 1 rings (SSSR count). The third-order valence-corrected chi connectivity index (χ3v) is 2.82. The minimum Gasteiger partial charge on any atom is -0.396 e. The van der Waals surface area contributed by atoms with E-state index in [-0.39, 0.29) is 17.9 Å². The molecule has 1 fully saturated rings. The Morgan fingerprint density at radius 3 is 2.46 bits per heavy atom. The standard InChI is InChI=1S/C9H16BrNO2/c1-8(2,10)7(13)11-5-9(6-12)3-4-9/h12H,3-6H2,1-2H3,(H,11,13). The highest BCUT2D eigenvalue weighted by Crippen LogP contribution is 2.44. The normalized spacial score (nSPS) is 19.7. The lowest BCUT2D eigenvalue weighted by Gasteiger charge is -2.18. The maximum atomic E-state index is 11.4. The summed E-state index contributed by atoms with van der Waals surface area (Å²) >= 11 is 3.28. The first kappa shape index (κ1) is 11.0. The first-order valence-corrected chi connectivity index (χ1v) is 5.27. The molecule has 0 aliphatic heterocycles. The molecule has 76 valence electrons. The van der Waals surface area contributed by atoms with Crippen molar-refractivity contribution in [3.8, 4) is 0 Å². The topological polar surface area (TPSA) is 49.3 Å². The minimum absolute atomic E-state index is 0.00604. The fourth-order valence-corrected chi connectivity index (χ4v) is 1.19. The van der Waals surface area contributed by atoms with Crippen molar-refractivity contribution in [3.05, 3.63) is 0 Å². The van der Waals surface area contributed by atoms with E-state index in [0.29, 0.717) is 6.54 Å². The van der Waals surface area contributed by atoms with Crippen LogP contribution in [0, 0.1) is 5.41 Å². The van der Waals surface area contributed by atoms with E-state index in [4.69, 9.17) is 5.11 Å². The molecule has 0 saturated heterocycles. The molecule has 13 heavy (non-hydrogen) atoms. The van der Waals surface area contributed by atoms with Crippen LogP contribution < -0.4 is 5.32 Å². The molecule has 0 bridgehead atoms. The summed E-state index contributed by atoms with van der Waals surface area (Å²) in [6, 6.07) is 0. The number of hydrogen-bond acceptors (Lipinski definition) is 2. The van der Waals surface area contributed by atoms with Crippen molar-refractivity contribution in [1.82, 2.24) is 5.32 Å². The zero-order chi connectivity index (χ0) is 10.1. The van der Waals surface area contributed by atoms with Gasteiger partial charge in [-0.2, -0.15) is 0 Å². The second-order valence-corrected chi connectivity index (χ2v) is 6.30. The Balaban J connectivity index is 2.31. The zero-order valence-corrected chi connectivity index (χ0v) is 9.65. The Hall–Kier alpha value is -0.0900. The molecule has 1 aliphatic rings. The van der Waals surface area contributed by atoms with Gasteiger partial charge in [0.05, 0.1) is 10.9 Å². The minimum atomic E-state index is -0.515. The van der Waals surface area contributed by atoms with Crippen LogP contribution in [-0.2, 0) is 4.79 Å². The molecular weight excluding hydrogens is 234 g/mol. The molecular formula is C9H16BrNO2. The Labute approximate surface area is 87.0 Å². The van der Waals surface area contributed by atoms with Crippen LogP contribution in [0.5, 0.6) is 0 Å². The molecule has 2 N–H and O–H groups in total. The van der Waals surface area contributed by atoms with Crippen molar-refractivity contribution < 1.29 is 9.90 Å². The van der Waals surface area contributed by atoms with Gasteiger partial charge in [0.2, 0.25) is 5.91 Å². The van der Waals surface area contributed by atoms with Gasteiger partial charge in [0, 0.05) is 12.0 Å². The van der Waals surface area contributed by atoms with Gasteiger partial charge in [-0.1, -0.05) is 15.9 Å². The number of nitrogens with one attached hydrogen (secondary N) is 1. The van der Waals surface area contributed by atoms with Crippen LogP contribution in [0.15, 0.2) is 0 Å². The van der Waals surface area contributed by atoms with Crippen LogP contribution in [0.3, 0.4) is 0 Å². The fraction of sp³-hybridized carbons (Fsp3) is 0.889. The average molecular weight is 250 g/mol. The van der Waals surface area contributed by atoms with Gasteiger partial charge in [0.1, 0.15) is 0 Å². The molecule has 1 amide bonds. The number of amides is 1. The van der Waals surface area contributed by atoms with Crippen LogP contribution in [0.4, 0.5) is 0 Å². The number of aliphatic hydroxyl groups is 1. The summed E-state index contributed by atoms with van der Waals surface area (Å²) in [7, 11) is 0. The molecule has 0 aromatic rings. The van der Waals surface area contributed by atoms with E-state index in [2.05, 4.69) is 21.2 Å². The number of alkyl halides is 1. The number of hydrogen-bond donors (Lipinski definition) is 2. The van der Waals surface area contributed by atoms with E-state index < -0.39 is 4.32 Å². The lowest BCUT2D eigenvalue weighted by Crippen LogP contribution is -2.41. The summed E-state index contributed by atoms with van der Waals surface area (Å²) in [4.78, 5) is 11.4. The van der Waals surface area contributed by atoms with Crippen molar-refractivity contribution in [2.24, 2.45) is 5.41 Å². The molecule has 0 aromatic heterocycles. The number of rotatable bonds is 4. The highest BCUT2D eigenvalue weighted by Gasteiger charge is 2.42. The summed E-state index contributed by atoms with van der Waals surface area (Å²) in [5, 5.41) is 11.8. The molecule has 4 heteroatoms. The number of halogens is 1. The summed E-state index contributed by atoms with van der Waals surface area (Å²) in [5.41, 5.74) is -0.00604. The van der Waals surface area contributed by atoms with E-state index >= 15 is 0 Å². The van der Waals surface area contributed by atoms with Gasteiger partial charge in [-0.15, -0.1) is 0 Å². The van der Waals surface area contributed by atoms with Crippen molar-refractivity contribution in [2.45, 2.75) is 31.0 Å². The molecule has 0 heterocycles. The molecule has 3 nitrogen and oxygen atoms in total. The summed E-state index contributed by atoms with van der Waals surface area (Å²) in [5.74, 6) is -0.0211. The maximum absolute atomic E-state index is 11.4. The third-order valence-electron chi connectivity index (χ3n) is 2.46. The summed E-state index contributed by atoms with van der Waals surface area (Å²) in [6.45, 7) is 4.38. The molecule has 0 atom stereocenters. The fourth-order valence-electron chi connectivity index (χ4n) is 1.05. The lowest BCUT2D eigenvalue weighted by atomic mass is 10.1. The lowest BCUT2D eigenvalue weighted by molar-refractivity contribution is -0.122. The van der Waals surface area contributed by atoms with E-state index in [9.17, 15) is 4.79 Å². The van der Waals surface area contributed by atoms with E-state index in [1.807, 2.05) is 0 Å². The van der Waals surface area contributed by atoms with Gasteiger partial charge in [-0.25, -0.2) is 0 Å². The predicted octanol–water partition coefficient (Wildman–Crippen LogP) is 1.05. The third kappa shape index (κ3) is 2.95. The maximum Gasteiger partial charge on any atom is 0.236 e. The highest BCUT2D eigenvalue weighted by molar-refractivity contribution is 9.10. The van der Waals surface area contributed by atoms with Crippen LogP contribution in [0.2, 0.25) is 0 Å². The van der Waals surface area contributed by atoms with Crippen molar-refractivity contribution in [2.75, 3.05) is 13.2 Å². The second-order valence-electron chi connectivity index (χ2n) is 4.31. The smallest absolute Gasteiger partial charge is 0.236 e. The van der Waals surface area contributed by atoms with Crippen molar-refractivity contribution in [3.63, 3.8) is 0 Å². The average Bonchev–Trinajstić information content (AvgIpc) is 2.79. The van der Waals surface area contributed by atoms with Gasteiger partial charge < -0.3 is 10.4 Å². The highest BCUT2D eigenvalue weighted by atomic mass is 79.9. The quantitative estimate of drug-likeness (QED) is 0.733. The van der Waals surface area contributed by atoms with Crippen molar-refractivity contribution in [1.29, 1.82) is 0 Å². The zero-order valence-electron chi connectivity index (χ0n) is 8.06. The molecule has 0 aromatic carbocycles. The van der Waals surface area contributed by atoms with Gasteiger partial charge in [0.25, 0.3) is 0 Å². The van der Waals surface area contributed by atoms with Crippen LogP contribution in [0.1, 0.15) is 26.7 Å². The van der Waals surface area contributed by atoms with E-state index in [0.717, 1.165) is 12.8 Å². The van der Waals surface area contributed by atoms with Gasteiger partial charge >= 0.3 is 0 Å². The first-order valence-electron chi connectivity index (χ1n) is 4.48. The predicted molar refractivity (Wildman–Crippen MR) is 54.8 cm³/mol. The SMILES string of the molecule is CC(C)(Br)C(=O)NCC1(CO)CC1.